The number of hydrogen-bond donors (Lipinski definition) is 3. The molecule has 2 rings (SSSR count). The molecule has 9 heteroatoms. The van der Waals surface area contributed by atoms with E-state index in [0.29, 0.717) is 22.6 Å². The fourth-order valence-corrected chi connectivity index (χ4v) is 2.79. The van der Waals surface area contributed by atoms with Crippen molar-refractivity contribution in [3.05, 3.63) is 57.2 Å². The summed E-state index contributed by atoms with van der Waals surface area (Å²) >= 11 is 7.08. The lowest BCUT2D eigenvalue weighted by Crippen LogP contribution is -2.48. The SMILES string of the molecule is COc1ccc(C(=O)NNC(=S)NC(=O)c2ccccc2I)cc1OC. The number of thiocarbonyl (C=S) groups is 1. The molecule has 0 heterocycles. The van der Waals surface area contributed by atoms with Gasteiger partial charge in [-0.3, -0.25) is 25.8 Å². The van der Waals surface area contributed by atoms with Crippen LogP contribution in [0.15, 0.2) is 42.5 Å². The highest BCUT2D eigenvalue weighted by molar-refractivity contribution is 14.1. The molecule has 2 aromatic carbocycles. The van der Waals surface area contributed by atoms with Crippen molar-refractivity contribution < 1.29 is 19.1 Å². The summed E-state index contributed by atoms with van der Waals surface area (Å²) in [6, 6.07) is 11.8. The highest BCUT2D eigenvalue weighted by Gasteiger charge is 2.13. The molecule has 26 heavy (non-hydrogen) atoms. The van der Waals surface area contributed by atoms with Gasteiger partial charge in [0.1, 0.15) is 0 Å². The maximum Gasteiger partial charge on any atom is 0.269 e. The van der Waals surface area contributed by atoms with Gasteiger partial charge < -0.3 is 9.47 Å². The molecule has 0 aliphatic rings. The summed E-state index contributed by atoms with van der Waals surface area (Å²) in [7, 11) is 2.99. The van der Waals surface area contributed by atoms with Crippen LogP contribution in [0.4, 0.5) is 0 Å². The Bertz CT molecular complexity index is 845. The number of nitrogens with one attached hydrogen (secondary N) is 3. The van der Waals surface area contributed by atoms with Crippen LogP contribution in [0.5, 0.6) is 11.5 Å². The summed E-state index contributed by atoms with van der Waals surface area (Å²) in [5.74, 6) is 0.122. The molecule has 2 aromatic rings. The second kappa shape index (κ2) is 9.34. The van der Waals surface area contributed by atoms with Gasteiger partial charge in [0, 0.05) is 9.13 Å². The van der Waals surface area contributed by atoms with Gasteiger partial charge in [-0.25, -0.2) is 0 Å². The van der Waals surface area contributed by atoms with Crippen LogP contribution in [0, 0.1) is 3.57 Å². The van der Waals surface area contributed by atoms with Crippen LogP contribution >= 0.6 is 34.8 Å². The quantitative estimate of drug-likeness (QED) is 0.350. The molecule has 0 unspecified atom stereocenters. The summed E-state index contributed by atoms with van der Waals surface area (Å²) in [5, 5.41) is 2.48. The molecule has 0 saturated heterocycles. The Balaban J connectivity index is 1.94. The van der Waals surface area contributed by atoms with Crippen LogP contribution in [0.1, 0.15) is 20.7 Å². The lowest BCUT2D eigenvalue weighted by atomic mass is 10.2. The summed E-state index contributed by atoms with van der Waals surface area (Å²) in [4.78, 5) is 24.3. The fourth-order valence-electron chi connectivity index (χ4n) is 2.01. The smallest absolute Gasteiger partial charge is 0.269 e. The van der Waals surface area contributed by atoms with Gasteiger partial charge in [-0.2, -0.15) is 0 Å². The Morgan fingerprint density at radius 1 is 0.962 bits per heavy atom. The molecule has 0 radical (unpaired) electrons. The number of hydrogen-bond acceptors (Lipinski definition) is 5. The van der Waals surface area contributed by atoms with Gasteiger partial charge in [0.05, 0.1) is 19.8 Å². The van der Waals surface area contributed by atoms with E-state index in [0.717, 1.165) is 3.57 Å². The molecule has 0 atom stereocenters. The molecular formula is C17H16IN3O4S. The molecule has 0 aliphatic heterocycles. The van der Waals surface area contributed by atoms with E-state index in [1.165, 1.54) is 20.3 Å². The Morgan fingerprint density at radius 3 is 2.31 bits per heavy atom. The number of carbonyl (C=O) groups is 2. The summed E-state index contributed by atoms with van der Waals surface area (Å²) < 4.78 is 11.1. The standard InChI is InChI=1S/C17H16IN3O4S/c1-24-13-8-7-10(9-14(13)25-2)15(22)20-21-17(26)19-16(23)11-5-3-4-6-12(11)18/h3-9H,1-2H3,(H,20,22)(H2,19,21,23,26). The maximum atomic E-state index is 12.2. The van der Waals surface area contributed by atoms with E-state index in [2.05, 4.69) is 38.8 Å². The van der Waals surface area contributed by atoms with Crippen molar-refractivity contribution in [3.63, 3.8) is 0 Å². The van der Waals surface area contributed by atoms with Crippen molar-refractivity contribution in [1.82, 2.24) is 16.2 Å². The van der Waals surface area contributed by atoms with Crippen molar-refractivity contribution in [3.8, 4) is 11.5 Å². The van der Waals surface area contributed by atoms with Gasteiger partial charge in [0.15, 0.2) is 16.6 Å². The van der Waals surface area contributed by atoms with E-state index >= 15 is 0 Å². The first kappa shape index (κ1) is 19.9. The number of ether oxygens (including phenoxy) is 2. The van der Waals surface area contributed by atoms with Crippen molar-refractivity contribution >= 4 is 51.7 Å². The predicted molar refractivity (Wildman–Crippen MR) is 109 cm³/mol. The van der Waals surface area contributed by atoms with Crippen molar-refractivity contribution in [2.24, 2.45) is 0 Å². The zero-order valence-corrected chi connectivity index (χ0v) is 16.9. The van der Waals surface area contributed by atoms with E-state index in [1.54, 1.807) is 24.3 Å². The minimum Gasteiger partial charge on any atom is -0.493 e. The molecule has 2 amide bonds. The van der Waals surface area contributed by atoms with E-state index in [9.17, 15) is 9.59 Å². The zero-order valence-electron chi connectivity index (χ0n) is 14.0. The largest absolute Gasteiger partial charge is 0.493 e. The molecule has 136 valence electrons. The first-order chi connectivity index (χ1) is 12.5. The van der Waals surface area contributed by atoms with E-state index in [1.807, 2.05) is 12.1 Å². The van der Waals surface area contributed by atoms with Crippen LogP contribution in [0.3, 0.4) is 0 Å². The average Bonchev–Trinajstić information content (AvgIpc) is 2.65. The van der Waals surface area contributed by atoms with E-state index < -0.39 is 5.91 Å². The minimum absolute atomic E-state index is 0.0246. The predicted octanol–water partition coefficient (Wildman–Crippen LogP) is 2.26. The Kier molecular flexibility index (Phi) is 7.16. The third kappa shape index (κ3) is 5.05. The van der Waals surface area contributed by atoms with Gasteiger partial charge in [-0.1, -0.05) is 12.1 Å². The van der Waals surface area contributed by atoms with Crippen molar-refractivity contribution in [2.75, 3.05) is 14.2 Å². The molecule has 0 saturated carbocycles. The third-order valence-corrected chi connectivity index (χ3v) is 4.43. The molecule has 7 nitrogen and oxygen atoms in total. The molecule has 0 aromatic heterocycles. The van der Waals surface area contributed by atoms with Crippen molar-refractivity contribution in [1.29, 1.82) is 0 Å². The number of benzene rings is 2. The lowest BCUT2D eigenvalue weighted by Gasteiger charge is -2.12. The number of carbonyl (C=O) groups excluding carboxylic acids is 2. The molecule has 0 fully saturated rings. The third-order valence-electron chi connectivity index (χ3n) is 3.28. The second-order valence-electron chi connectivity index (χ2n) is 4.91. The van der Waals surface area contributed by atoms with E-state index in [4.69, 9.17) is 21.7 Å². The van der Waals surface area contributed by atoms with E-state index in [-0.39, 0.29) is 11.0 Å². The van der Waals surface area contributed by atoms with Crippen LogP contribution in [0.25, 0.3) is 0 Å². The number of hydrazine groups is 1. The fraction of sp³-hybridized carbons (Fsp3) is 0.118. The lowest BCUT2D eigenvalue weighted by molar-refractivity contribution is 0.0934. The van der Waals surface area contributed by atoms with Crippen molar-refractivity contribution in [2.45, 2.75) is 0 Å². The minimum atomic E-state index is -0.447. The molecule has 3 N–H and O–H groups in total. The second-order valence-corrected chi connectivity index (χ2v) is 6.48. The summed E-state index contributed by atoms with van der Waals surface area (Å²) in [6.07, 6.45) is 0. The van der Waals surface area contributed by atoms with Gasteiger partial charge >= 0.3 is 0 Å². The Morgan fingerprint density at radius 2 is 1.65 bits per heavy atom. The zero-order chi connectivity index (χ0) is 19.1. The maximum absolute atomic E-state index is 12.2. The first-order valence-electron chi connectivity index (χ1n) is 7.34. The number of rotatable bonds is 4. The highest BCUT2D eigenvalue weighted by atomic mass is 127. The summed E-state index contributed by atoms with van der Waals surface area (Å²) in [5.41, 5.74) is 5.73. The Hall–Kier alpha value is -2.40. The average molecular weight is 485 g/mol. The van der Waals surface area contributed by atoms with Crippen LogP contribution < -0.4 is 25.6 Å². The Labute approximate surface area is 169 Å². The van der Waals surface area contributed by atoms with Crippen LogP contribution in [-0.4, -0.2) is 31.1 Å². The highest BCUT2D eigenvalue weighted by Crippen LogP contribution is 2.27. The van der Waals surface area contributed by atoms with Crippen LogP contribution in [0.2, 0.25) is 0 Å². The molecular weight excluding hydrogens is 469 g/mol. The van der Waals surface area contributed by atoms with Gasteiger partial charge in [-0.15, -0.1) is 0 Å². The first-order valence-corrected chi connectivity index (χ1v) is 8.83. The van der Waals surface area contributed by atoms with Gasteiger partial charge in [-0.05, 0) is 65.1 Å². The number of methoxy groups -OCH3 is 2. The molecule has 0 bridgehead atoms. The van der Waals surface area contributed by atoms with Gasteiger partial charge in [0.2, 0.25) is 0 Å². The normalized spacial score (nSPS) is 9.81. The monoisotopic (exact) mass is 485 g/mol. The number of amides is 2. The number of halogens is 1. The topological polar surface area (TPSA) is 88.7 Å². The summed E-state index contributed by atoms with van der Waals surface area (Å²) in [6.45, 7) is 0. The van der Waals surface area contributed by atoms with Crippen LogP contribution in [-0.2, 0) is 0 Å². The molecule has 0 spiro atoms. The molecule has 0 aliphatic carbocycles. The van der Waals surface area contributed by atoms with Gasteiger partial charge in [0.25, 0.3) is 11.8 Å².